The van der Waals surface area contributed by atoms with Crippen molar-refractivity contribution >= 4 is 0 Å². The Kier molecular flexibility index (Phi) is 4.34. The van der Waals surface area contributed by atoms with Gasteiger partial charge in [-0.2, -0.15) is 5.10 Å². The zero-order valence-electron chi connectivity index (χ0n) is 10.9. The lowest BCUT2D eigenvalue weighted by molar-refractivity contribution is -0.275. The van der Waals surface area contributed by atoms with Gasteiger partial charge in [-0.05, 0) is 30.5 Å². The predicted octanol–water partition coefficient (Wildman–Crippen LogP) is 2.30. The maximum absolute atomic E-state index is 13.5. The zero-order valence-corrected chi connectivity index (χ0v) is 10.9. The summed E-state index contributed by atoms with van der Waals surface area (Å²) < 4.78 is 53.0. The zero-order chi connectivity index (χ0) is 16.3. The number of halogens is 4. The van der Waals surface area contributed by atoms with Gasteiger partial charge in [0.1, 0.15) is 0 Å². The topological polar surface area (TPSA) is 75.2 Å². The minimum atomic E-state index is -4.96. The van der Waals surface area contributed by atoms with Crippen LogP contribution in [-0.4, -0.2) is 21.7 Å². The second-order valence-corrected chi connectivity index (χ2v) is 4.39. The van der Waals surface area contributed by atoms with Crippen molar-refractivity contribution in [1.82, 2.24) is 10.2 Å². The summed E-state index contributed by atoms with van der Waals surface area (Å²) in [6, 6.07) is 4.26. The molecule has 0 amide bonds. The number of aromatic nitrogens is 2. The van der Waals surface area contributed by atoms with E-state index in [4.69, 9.17) is 0 Å². The van der Waals surface area contributed by atoms with Gasteiger partial charge in [-0.1, -0.05) is 6.07 Å². The molecule has 0 saturated heterocycles. The fourth-order valence-electron chi connectivity index (χ4n) is 1.74. The van der Waals surface area contributed by atoms with Crippen molar-refractivity contribution < 1.29 is 27.4 Å². The summed E-state index contributed by atoms with van der Waals surface area (Å²) in [4.78, 5) is 10.9. The number of aromatic hydroxyl groups is 1. The fourth-order valence-corrected chi connectivity index (χ4v) is 1.74. The number of hydrogen-bond acceptors (Lipinski definition) is 4. The molecule has 0 aliphatic rings. The molecule has 5 nitrogen and oxygen atoms in total. The summed E-state index contributed by atoms with van der Waals surface area (Å²) in [7, 11) is 0. The van der Waals surface area contributed by atoms with Gasteiger partial charge in [0.05, 0.1) is 5.69 Å². The first-order valence-electron chi connectivity index (χ1n) is 6.06. The molecule has 118 valence electrons. The summed E-state index contributed by atoms with van der Waals surface area (Å²) >= 11 is 0. The molecule has 1 aromatic carbocycles. The summed E-state index contributed by atoms with van der Waals surface area (Å²) in [5, 5.41) is 15.0. The van der Waals surface area contributed by atoms with Gasteiger partial charge in [0, 0.05) is 6.07 Å². The molecule has 0 bridgehead atoms. The highest BCUT2D eigenvalue weighted by Crippen LogP contribution is 2.26. The molecule has 0 fully saturated rings. The van der Waals surface area contributed by atoms with E-state index in [-0.39, 0.29) is 12.8 Å². The van der Waals surface area contributed by atoms with Crippen LogP contribution in [0.5, 0.6) is 11.5 Å². The van der Waals surface area contributed by atoms with Gasteiger partial charge < -0.3 is 9.84 Å². The van der Waals surface area contributed by atoms with Crippen LogP contribution >= 0.6 is 0 Å². The van der Waals surface area contributed by atoms with E-state index in [9.17, 15) is 27.5 Å². The van der Waals surface area contributed by atoms with Crippen molar-refractivity contribution in [3.8, 4) is 11.5 Å². The van der Waals surface area contributed by atoms with Crippen LogP contribution in [0.15, 0.2) is 29.1 Å². The first-order valence-corrected chi connectivity index (χ1v) is 6.06. The third-order valence-corrected chi connectivity index (χ3v) is 2.73. The maximum atomic E-state index is 13.5. The largest absolute Gasteiger partial charge is 0.573 e. The summed E-state index contributed by atoms with van der Waals surface area (Å²) in [5.41, 5.74) is 0.0380. The van der Waals surface area contributed by atoms with Crippen LogP contribution in [0.2, 0.25) is 0 Å². The molecule has 9 heteroatoms. The molecular formula is C13H10F4N2O3. The van der Waals surface area contributed by atoms with Gasteiger partial charge >= 0.3 is 11.9 Å². The van der Waals surface area contributed by atoms with Gasteiger partial charge in [-0.3, -0.25) is 4.79 Å². The van der Waals surface area contributed by atoms with E-state index in [0.717, 1.165) is 18.2 Å². The monoisotopic (exact) mass is 318 g/mol. The number of H-pyrrole nitrogens is 1. The molecule has 1 heterocycles. The molecule has 2 N–H and O–H groups in total. The minimum Gasteiger partial charge on any atom is -0.503 e. The van der Waals surface area contributed by atoms with Crippen LogP contribution in [0.3, 0.4) is 0 Å². The van der Waals surface area contributed by atoms with Gasteiger partial charge in [-0.15, -0.1) is 13.2 Å². The standard InChI is InChI=1S/C13H10F4N2O3/c14-9-5-7(2-4-11(9)22-13(15,16)17)1-3-8-6-10(20)12(21)19-18-8/h2,4-6H,1,3H2,(H,18,20)(H,19,21). The minimum absolute atomic E-state index is 0.252. The summed E-state index contributed by atoms with van der Waals surface area (Å²) in [5.74, 6) is -2.53. The molecule has 0 spiro atoms. The first-order chi connectivity index (χ1) is 10.2. The van der Waals surface area contributed by atoms with Crippen molar-refractivity contribution in [2.75, 3.05) is 0 Å². The molecule has 2 aromatic rings. The van der Waals surface area contributed by atoms with Gasteiger partial charge in [0.15, 0.2) is 17.3 Å². The van der Waals surface area contributed by atoms with E-state index in [1.165, 1.54) is 6.07 Å². The highest BCUT2D eigenvalue weighted by atomic mass is 19.4. The third kappa shape index (κ3) is 4.21. The quantitative estimate of drug-likeness (QED) is 0.848. The molecule has 0 unspecified atom stereocenters. The molecule has 0 aliphatic heterocycles. The lowest BCUT2D eigenvalue weighted by Gasteiger charge is -2.10. The van der Waals surface area contributed by atoms with Gasteiger partial charge in [-0.25, -0.2) is 9.49 Å². The SMILES string of the molecule is O=c1[nH]nc(CCc2ccc(OC(F)(F)F)c(F)c2)cc1O. The van der Waals surface area contributed by atoms with Crippen LogP contribution in [0.1, 0.15) is 11.3 Å². The number of rotatable bonds is 4. The smallest absolute Gasteiger partial charge is 0.503 e. The Hall–Kier alpha value is -2.58. The van der Waals surface area contributed by atoms with Crippen molar-refractivity contribution in [1.29, 1.82) is 0 Å². The fraction of sp³-hybridized carbons (Fsp3) is 0.231. The summed E-state index contributed by atoms with van der Waals surface area (Å²) in [6.45, 7) is 0. The number of nitrogens with zero attached hydrogens (tertiary/aromatic N) is 1. The predicted molar refractivity (Wildman–Crippen MR) is 67.0 cm³/mol. The van der Waals surface area contributed by atoms with Crippen molar-refractivity contribution in [3.05, 3.63) is 51.7 Å². The molecule has 1 aromatic heterocycles. The average Bonchev–Trinajstić information content (AvgIpc) is 2.41. The maximum Gasteiger partial charge on any atom is 0.573 e. The van der Waals surface area contributed by atoms with E-state index in [2.05, 4.69) is 14.9 Å². The molecular weight excluding hydrogens is 308 g/mol. The van der Waals surface area contributed by atoms with Crippen LogP contribution in [0.4, 0.5) is 17.6 Å². The molecule has 22 heavy (non-hydrogen) atoms. The Labute approximate surface area is 121 Å². The van der Waals surface area contributed by atoms with Crippen LogP contribution < -0.4 is 10.3 Å². The number of aromatic amines is 1. The normalized spacial score (nSPS) is 11.5. The second-order valence-electron chi connectivity index (χ2n) is 4.39. The first kappa shape index (κ1) is 15.8. The Morgan fingerprint density at radius 2 is 1.95 bits per heavy atom. The van der Waals surface area contributed by atoms with E-state index in [1.807, 2.05) is 0 Å². The van der Waals surface area contributed by atoms with Crippen LogP contribution in [0, 0.1) is 5.82 Å². The second kappa shape index (κ2) is 6.04. The Morgan fingerprint density at radius 3 is 2.55 bits per heavy atom. The lowest BCUT2D eigenvalue weighted by Crippen LogP contribution is -2.18. The Morgan fingerprint density at radius 1 is 1.23 bits per heavy atom. The van der Waals surface area contributed by atoms with E-state index in [1.54, 1.807) is 0 Å². The number of aryl methyl sites for hydroxylation is 2. The number of hydrogen-bond donors (Lipinski definition) is 2. The molecule has 0 radical (unpaired) electrons. The number of benzene rings is 1. The van der Waals surface area contributed by atoms with Crippen molar-refractivity contribution in [2.24, 2.45) is 0 Å². The van der Waals surface area contributed by atoms with Crippen molar-refractivity contribution in [3.63, 3.8) is 0 Å². The van der Waals surface area contributed by atoms with Gasteiger partial charge in [0.2, 0.25) is 0 Å². The molecule has 0 aliphatic carbocycles. The number of ether oxygens (including phenoxy) is 1. The molecule has 2 rings (SSSR count). The number of alkyl halides is 3. The van der Waals surface area contributed by atoms with Crippen molar-refractivity contribution in [2.45, 2.75) is 19.2 Å². The van der Waals surface area contributed by atoms with E-state index < -0.39 is 29.2 Å². The number of nitrogens with one attached hydrogen (secondary N) is 1. The van der Waals surface area contributed by atoms with Gasteiger partial charge in [0.25, 0.3) is 0 Å². The van der Waals surface area contributed by atoms with Crippen LogP contribution in [0.25, 0.3) is 0 Å². The molecule has 0 atom stereocenters. The Bertz CT molecular complexity index is 728. The highest BCUT2D eigenvalue weighted by Gasteiger charge is 2.32. The van der Waals surface area contributed by atoms with E-state index >= 15 is 0 Å². The third-order valence-electron chi connectivity index (χ3n) is 2.73. The van der Waals surface area contributed by atoms with E-state index in [0.29, 0.717) is 11.3 Å². The summed E-state index contributed by atoms with van der Waals surface area (Å²) in [6.07, 6.45) is -4.45. The average molecular weight is 318 g/mol. The molecule has 0 saturated carbocycles. The highest BCUT2D eigenvalue weighted by molar-refractivity contribution is 5.30. The Balaban J connectivity index is 2.06. The van der Waals surface area contributed by atoms with Crippen LogP contribution in [-0.2, 0) is 12.8 Å². The lowest BCUT2D eigenvalue weighted by atomic mass is 10.1.